The van der Waals surface area contributed by atoms with Gasteiger partial charge >= 0.3 is 0 Å². The summed E-state index contributed by atoms with van der Waals surface area (Å²) < 4.78 is 0. The fourth-order valence-corrected chi connectivity index (χ4v) is 9.46. The van der Waals surface area contributed by atoms with Crippen LogP contribution in [0.25, 0.3) is 33.4 Å². The molecule has 2 aliphatic carbocycles. The second kappa shape index (κ2) is 14.6. The summed E-state index contributed by atoms with van der Waals surface area (Å²) in [4.78, 5) is 2.49. The summed E-state index contributed by atoms with van der Waals surface area (Å²) in [5, 5.41) is 0. The Bertz CT molecular complexity index is 2690. The minimum Gasteiger partial charge on any atom is -0.311 e. The van der Waals surface area contributed by atoms with Crippen molar-refractivity contribution in [1.82, 2.24) is 0 Å². The normalized spacial score (nSPS) is 16.3. The van der Waals surface area contributed by atoms with Crippen molar-refractivity contribution in [3.05, 3.63) is 264 Å². The zero-order valence-corrected chi connectivity index (χ0v) is 32.0. The fourth-order valence-electron chi connectivity index (χ4n) is 9.46. The van der Waals surface area contributed by atoms with Gasteiger partial charge in [-0.3, -0.25) is 0 Å². The van der Waals surface area contributed by atoms with Crippen LogP contribution in [-0.4, -0.2) is 0 Å². The summed E-state index contributed by atoms with van der Waals surface area (Å²) >= 11 is 0. The second-order valence-electron chi connectivity index (χ2n) is 15.3. The number of hydrogen-bond donors (Lipinski definition) is 0. The van der Waals surface area contributed by atoms with Crippen molar-refractivity contribution >= 4 is 11.4 Å². The Morgan fingerprint density at radius 3 is 1.53 bits per heavy atom. The lowest BCUT2D eigenvalue weighted by Gasteiger charge is -2.35. The Morgan fingerprint density at radius 2 is 0.912 bits per heavy atom. The summed E-state index contributed by atoms with van der Waals surface area (Å²) in [6, 6.07) is 77.8. The monoisotopic (exact) mass is 729 g/mol. The first-order valence-electron chi connectivity index (χ1n) is 20.1. The topological polar surface area (TPSA) is 3.24 Å². The molecule has 2 unspecified atom stereocenters. The molecule has 0 N–H and O–H groups in total. The van der Waals surface area contributed by atoms with Crippen LogP contribution in [0.3, 0.4) is 0 Å². The van der Waals surface area contributed by atoms with Crippen LogP contribution in [0.5, 0.6) is 0 Å². The maximum atomic E-state index is 2.49. The van der Waals surface area contributed by atoms with E-state index in [1.165, 1.54) is 66.9 Å². The lowest BCUT2D eigenvalue weighted by Crippen LogP contribution is -2.29. The third-order valence-corrected chi connectivity index (χ3v) is 12.0. The van der Waals surface area contributed by atoms with E-state index in [-0.39, 0.29) is 0 Å². The van der Waals surface area contributed by atoms with Gasteiger partial charge in [-0.1, -0.05) is 207 Å². The average Bonchev–Trinajstić information content (AvgIpc) is 3.58. The lowest BCUT2D eigenvalue weighted by atomic mass is 9.67. The van der Waals surface area contributed by atoms with Gasteiger partial charge < -0.3 is 4.90 Å². The maximum Gasteiger partial charge on any atom is 0.0714 e. The summed E-state index contributed by atoms with van der Waals surface area (Å²) in [5.41, 5.74) is 16.8. The van der Waals surface area contributed by atoms with E-state index in [0.717, 1.165) is 11.4 Å². The Hall–Kier alpha value is -6.96. The van der Waals surface area contributed by atoms with Gasteiger partial charge in [0.2, 0.25) is 0 Å². The molecule has 2 aliphatic rings. The number of fused-ring (bicyclic) bond motifs is 3. The standard InChI is InChI=1S/C56H43N/c1-40-37-46(31-34-49(40)41-19-7-2-8-20-41)57(47-32-35-50(42-21-9-3-10-22-42)53(38-47)43-23-11-4-12-24-43)48-33-36-52-51-29-17-18-30-54(51)56(55(52)39-48,44-25-13-5-14-26-44)45-27-15-6-16-28-45/h2-40,49H,1H3. The van der Waals surface area contributed by atoms with Crippen molar-refractivity contribution < 1.29 is 0 Å². The van der Waals surface area contributed by atoms with Gasteiger partial charge in [0, 0.05) is 23.0 Å². The highest BCUT2D eigenvalue weighted by molar-refractivity contribution is 5.91. The highest BCUT2D eigenvalue weighted by Gasteiger charge is 2.46. The van der Waals surface area contributed by atoms with E-state index < -0.39 is 5.41 Å². The van der Waals surface area contributed by atoms with Gasteiger partial charge in [-0.25, -0.2) is 0 Å². The van der Waals surface area contributed by atoms with E-state index >= 15 is 0 Å². The van der Waals surface area contributed by atoms with Crippen molar-refractivity contribution in [2.24, 2.45) is 5.92 Å². The van der Waals surface area contributed by atoms with E-state index in [1.54, 1.807) is 0 Å². The zero-order chi connectivity index (χ0) is 38.2. The van der Waals surface area contributed by atoms with E-state index in [0.29, 0.717) is 11.8 Å². The lowest BCUT2D eigenvalue weighted by molar-refractivity contribution is 0.628. The molecule has 0 aromatic heterocycles. The molecule has 0 amide bonds. The third-order valence-electron chi connectivity index (χ3n) is 12.0. The molecule has 0 saturated heterocycles. The molecule has 0 saturated carbocycles. The largest absolute Gasteiger partial charge is 0.311 e. The molecule has 0 radical (unpaired) electrons. The van der Waals surface area contributed by atoms with Crippen molar-refractivity contribution in [3.8, 4) is 33.4 Å². The van der Waals surface area contributed by atoms with Gasteiger partial charge in [0.1, 0.15) is 0 Å². The zero-order valence-electron chi connectivity index (χ0n) is 32.0. The Labute approximate surface area is 336 Å². The minimum absolute atomic E-state index is 0.290. The highest BCUT2D eigenvalue weighted by atomic mass is 15.1. The molecule has 57 heavy (non-hydrogen) atoms. The number of allylic oxidation sites excluding steroid dienone is 3. The van der Waals surface area contributed by atoms with Gasteiger partial charge in [-0.05, 0) is 97.5 Å². The predicted molar refractivity (Wildman–Crippen MR) is 239 cm³/mol. The molecule has 8 aromatic carbocycles. The van der Waals surface area contributed by atoms with Crippen LogP contribution < -0.4 is 4.90 Å². The first kappa shape index (κ1) is 34.5. The molecule has 10 rings (SSSR count). The molecule has 0 spiro atoms. The van der Waals surface area contributed by atoms with Crippen LogP contribution in [0.15, 0.2) is 236 Å². The molecule has 1 nitrogen and oxygen atoms in total. The first-order valence-corrected chi connectivity index (χ1v) is 20.1. The number of rotatable bonds is 8. The first-order chi connectivity index (χ1) is 28.2. The molecular weight excluding hydrogens is 687 g/mol. The predicted octanol–water partition coefficient (Wildman–Crippen LogP) is 14.4. The summed E-state index contributed by atoms with van der Waals surface area (Å²) in [5.74, 6) is 0.592. The van der Waals surface area contributed by atoms with Crippen LogP contribution in [0, 0.1) is 5.92 Å². The molecule has 0 aliphatic heterocycles. The number of anilines is 2. The minimum atomic E-state index is -0.495. The smallest absolute Gasteiger partial charge is 0.0714 e. The van der Waals surface area contributed by atoms with E-state index in [4.69, 9.17) is 0 Å². The van der Waals surface area contributed by atoms with Crippen molar-refractivity contribution in [2.45, 2.75) is 18.3 Å². The van der Waals surface area contributed by atoms with Gasteiger partial charge in [0.05, 0.1) is 5.41 Å². The Morgan fingerprint density at radius 1 is 0.421 bits per heavy atom. The number of benzene rings is 8. The molecule has 1 heteroatoms. The van der Waals surface area contributed by atoms with Gasteiger partial charge in [-0.2, -0.15) is 0 Å². The number of nitrogens with zero attached hydrogens (tertiary/aromatic N) is 1. The molecule has 0 fully saturated rings. The van der Waals surface area contributed by atoms with Crippen LogP contribution in [-0.2, 0) is 5.41 Å². The molecule has 8 aromatic rings. The van der Waals surface area contributed by atoms with Gasteiger partial charge in [0.15, 0.2) is 0 Å². The van der Waals surface area contributed by atoms with Crippen molar-refractivity contribution in [3.63, 3.8) is 0 Å². The molecular formula is C56H43N. The Balaban J connectivity index is 1.21. The maximum absolute atomic E-state index is 2.49. The number of hydrogen-bond acceptors (Lipinski definition) is 1. The summed E-state index contributed by atoms with van der Waals surface area (Å²) in [7, 11) is 0. The van der Waals surface area contributed by atoms with Crippen LogP contribution in [0.1, 0.15) is 40.7 Å². The highest BCUT2D eigenvalue weighted by Crippen LogP contribution is 2.57. The van der Waals surface area contributed by atoms with Gasteiger partial charge in [0.25, 0.3) is 0 Å². The van der Waals surface area contributed by atoms with Crippen molar-refractivity contribution in [1.29, 1.82) is 0 Å². The summed E-state index contributed by atoms with van der Waals surface area (Å²) in [6.45, 7) is 2.35. The van der Waals surface area contributed by atoms with Crippen molar-refractivity contribution in [2.75, 3.05) is 4.90 Å². The van der Waals surface area contributed by atoms with Crippen LogP contribution >= 0.6 is 0 Å². The van der Waals surface area contributed by atoms with Crippen LogP contribution in [0.2, 0.25) is 0 Å². The summed E-state index contributed by atoms with van der Waals surface area (Å²) in [6.07, 6.45) is 7.21. The van der Waals surface area contributed by atoms with Gasteiger partial charge in [-0.15, -0.1) is 0 Å². The average molecular weight is 730 g/mol. The SMILES string of the molecule is CC1C=C(N(c2ccc(-c3ccccc3)c(-c3ccccc3)c2)c2ccc3c(c2)C(c2ccccc2)(c2ccccc2)c2ccccc2-3)C=CC1c1ccccc1. The quantitative estimate of drug-likeness (QED) is 0.151. The third kappa shape index (κ3) is 5.95. The van der Waals surface area contributed by atoms with E-state index in [9.17, 15) is 0 Å². The molecule has 0 bridgehead atoms. The van der Waals surface area contributed by atoms with Crippen LogP contribution in [0.4, 0.5) is 11.4 Å². The molecule has 0 heterocycles. The fraction of sp³-hybridized carbons (Fsp3) is 0.0714. The Kier molecular flexibility index (Phi) is 8.84. The molecule has 272 valence electrons. The molecule has 2 atom stereocenters. The van der Waals surface area contributed by atoms with E-state index in [1.807, 2.05) is 0 Å². The second-order valence-corrected chi connectivity index (χ2v) is 15.3. The van der Waals surface area contributed by atoms with E-state index in [2.05, 4.69) is 242 Å².